The van der Waals surface area contributed by atoms with Crippen molar-refractivity contribution in [3.8, 4) is 0 Å². The highest BCUT2D eigenvalue weighted by Gasteiger charge is 2.47. The van der Waals surface area contributed by atoms with E-state index in [-0.39, 0.29) is 12.5 Å². The Morgan fingerprint density at radius 2 is 2.20 bits per heavy atom. The first-order valence-electron chi connectivity index (χ1n) is 3.33. The SMILES string of the molecule is NCC(N)(C(=O)O)C1CC1. The van der Waals surface area contributed by atoms with Gasteiger partial charge in [0.15, 0.2) is 0 Å². The number of hydrogen-bond acceptors (Lipinski definition) is 3. The summed E-state index contributed by atoms with van der Waals surface area (Å²) in [6.07, 6.45) is 1.81. The van der Waals surface area contributed by atoms with Crippen LogP contribution in [0.5, 0.6) is 0 Å². The lowest BCUT2D eigenvalue weighted by atomic mass is 9.95. The summed E-state index contributed by atoms with van der Waals surface area (Å²) in [6.45, 7) is 0.0347. The Hall–Kier alpha value is -0.610. The Morgan fingerprint density at radius 3 is 2.30 bits per heavy atom. The van der Waals surface area contributed by atoms with Gasteiger partial charge in [-0.3, -0.25) is 4.79 Å². The summed E-state index contributed by atoms with van der Waals surface area (Å²) in [6, 6.07) is 0. The summed E-state index contributed by atoms with van der Waals surface area (Å²) >= 11 is 0. The average molecular weight is 144 g/mol. The van der Waals surface area contributed by atoms with Gasteiger partial charge < -0.3 is 16.6 Å². The molecule has 0 amide bonds. The Morgan fingerprint density at radius 1 is 1.70 bits per heavy atom. The minimum absolute atomic E-state index is 0.0347. The number of carbonyl (C=O) groups is 1. The Balaban J connectivity index is 2.65. The molecule has 58 valence electrons. The van der Waals surface area contributed by atoms with Crippen molar-refractivity contribution in [3.05, 3.63) is 0 Å². The molecule has 1 aliphatic carbocycles. The molecule has 0 aromatic heterocycles. The van der Waals surface area contributed by atoms with Crippen molar-refractivity contribution in [1.29, 1.82) is 0 Å². The smallest absolute Gasteiger partial charge is 0.325 e. The summed E-state index contributed by atoms with van der Waals surface area (Å²) < 4.78 is 0. The van der Waals surface area contributed by atoms with Gasteiger partial charge in [-0.2, -0.15) is 0 Å². The number of hydrogen-bond donors (Lipinski definition) is 3. The van der Waals surface area contributed by atoms with E-state index in [4.69, 9.17) is 16.6 Å². The maximum absolute atomic E-state index is 10.5. The maximum atomic E-state index is 10.5. The van der Waals surface area contributed by atoms with Crippen molar-refractivity contribution in [2.45, 2.75) is 18.4 Å². The first-order valence-corrected chi connectivity index (χ1v) is 3.33. The van der Waals surface area contributed by atoms with Crippen LogP contribution in [-0.4, -0.2) is 23.2 Å². The number of nitrogens with two attached hydrogens (primary N) is 2. The van der Waals surface area contributed by atoms with Gasteiger partial charge in [0.1, 0.15) is 5.54 Å². The normalized spacial score (nSPS) is 23.8. The average Bonchev–Trinajstić information content (AvgIpc) is 2.67. The molecular formula is C6H12N2O2. The van der Waals surface area contributed by atoms with Crippen LogP contribution in [0.3, 0.4) is 0 Å². The molecule has 1 fully saturated rings. The van der Waals surface area contributed by atoms with Gasteiger partial charge in [0, 0.05) is 6.54 Å². The van der Waals surface area contributed by atoms with Crippen molar-refractivity contribution in [2.75, 3.05) is 6.54 Å². The van der Waals surface area contributed by atoms with Gasteiger partial charge >= 0.3 is 5.97 Å². The molecule has 1 saturated carbocycles. The van der Waals surface area contributed by atoms with Crippen LogP contribution in [0.15, 0.2) is 0 Å². The fraction of sp³-hybridized carbons (Fsp3) is 0.833. The van der Waals surface area contributed by atoms with Gasteiger partial charge in [0.25, 0.3) is 0 Å². The number of carboxylic acids is 1. The van der Waals surface area contributed by atoms with Crippen LogP contribution >= 0.6 is 0 Å². The molecule has 0 bridgehead atoms. The first-order chi connectivity index (χ1) is 4.61. The second-order valence-electron chi connectivity index (χ2n) is 2.82. The molecule has 0 aromatic rings. The van der Waals surface area contributed by atoms with Crippen LogP contribution in [0.1, 0.15) is 12.8 Å². The summed E-state index contributed by atoms with van der Waals surface area (Å²) in [5.41, 5.74) is 9.61. The van der Waals surface area contributed by atoms with Crippen molar-refractivity contribution in [3.63, 3.8) is 0 Å². The zero-order valence-electron chi connectivity index (χ0n) is 5.71. The van der Waals surface area contributed by atoms with E-state index in [9.17, 15) is 4.79 Å². The quantitative estimate of drug-likeness (QED) is 0.480. The lowest BCUT2D eigenvalue weighted by Gasteiger charge is -2.21. The highest BCUT2D eigenvalue weighted by Crippen LogP contribution is 2.37. The molecule has 1 rings (SSSR count). The van der Waals surface area contributed by atoms with Crippen molar-refractivity contribution in [1.82, 2.24) is 0 Å². The van der Waals surface area contributed by atoms with E-state index in [0.717, 1.165) is 12.8 Å². The van der Waals surface area contributed by atoms with Gasteiger partial charge in [-0.15, -0.1) is 0 Å². The molecular weight excluding hydrogens is 132 g/mol. The fourth-order valence-electron chi connectivity index (χ4n) is 1.03. The molecule has 0 heterocycles. The van der Waals surface area contributed by atoms with Gasteiger partial charge in [-0.1, -0.05) is 0 Å². The lowest BCUT2D eigenvalue weighted by molar-refractivity contribution is -0.143. The molecule has 1 aliphatic rings. The molecule has 0 aromatic carbocycles. The number of aliphatic carboxylic acids is 1. The van der Waals surface area contributed by atoms with E-state index < -0.39 is 11.5 Å². The van der Waals surface area contributed by atoms with Crippen LogP contribution in [0.4, 0.5) is 0 Å². The zero-order valence-corrected chi connectivity index (χ0v) is 5.71. The van der Waals surface area contributed by atoms with Crippen molar-refractivity contribution < 1.29 is 9.90 Å². The van der Waals surface area contributed by atoms with Crippen LogP contribution in [0.25, 0.3) is 0 Å². The first kappa shape index (κ1) is 7.50. The fourth-order valence-corrected chi connectivity index (χ4v) is 1.03. The third kappa shape index (κ3) is 0.998. The van der Waals surface area contributed by atoms with Crippen LogP contribution in [-0.2, 0) is 4.79 Å². The minimum Gasteiger partial charge on any atom is -0.480 e. The largest absolute Gasteiger partial charge is 0.480 e. The molecule has 0 spiro atoms. The molecule has 1 atom stereocenters. The molecule has 4 heteroatoms. The number of rotatable bonds is 3. The van der Waals surface area contributed by atoms with Gasteiger partial charge in [0.05, 0.1) is 0 Å². The minimum atomic E-state index is -1.15. The Bertz CT molecular complexity index is 156. The van der Waals surface area contributed by atoms with Gasteiger partial charge in [-0.25, -0.2) is 0 Å². The van der Waals surface area contributed by atoms with Crippen LogP contribution in [0.2, 0.25) is 0 Å². The van der Waals surface area contributed by atoms with Crippen molar-refractivity contribution in [2.24, 2.45) is 17.4 Å². The van der Waals surface area contributed by atoms with E-state index in [1.807, 2.05) is 0 Å². The van der Waals surface area contributed by atoms with Crippen LogP contribution in [0, 0.1) is 5.92 Å². The predicted molar refractivity (Wildman–Crippen MR) is 36.3 cm³/mol. The van der Waals surface area contributed by atoms with E-state index in [1.165, 1.54) is 0 Å². The molecule has 1 unspecified atom stereocenters. The molecule has 0 aliphatic heterocycles. The van der Waals surface area contributed by atoms with Crippen molar-refractivity contribution >= 4 is 5.97 Å². The van der Waals surface area contributed by atoms with Crippen LogP contribution < -0.4 is 11.5 Å². The molecule has 10 heavy (non-hydrogen) atoms. The molecule has 0 saturated heterocycles. The third-order valence-electron chi connectivity index (χ3n) is 2.04. The summed E-state index contributed by atoms with van der Waals surface area (Å²) in [4.78, 5) is 10.5. The maximum Gasteiger partial charge on any atom is 0.325 e. The molecule has 5 N–H and O–H groups in total. The number of carboxylic acid groups (broad SMARTS) is 1. The Kier molecular flexibility index (Phi) is 1.66. The lowest BCUT2D eigenvalue weighted by Crippen LogP contribution is -2.55. The highest BCUT2D eigenvalue weighted by atomic mass is 16.4. The zero-order chi connectivity index (χ0) is 7.78. The monoisotopic (exact) mass is 144 g/mol. The Labute approximate surface area is 59.2 Å². The standard InChI is InChI=1S/C6H12N2O2/c7-3-6(8,5(9)10)4-1-2-4/h4H,1-3,7-8H2,(H,9,10). The summed E-state index contributed by atoms with van der Waals surface area (Å²) in [5.74, 6) is -0.868. The van der Waals surface area contributed by atoms with Gasteiger partial charge in [0.2, 0.25) is 0 Å². The summed E-state index contributed by atoms with van der Waals surface area (Å²) in [7, 11) is 0. The second-order valence-corrected chi connectivity index (χ2v) is 2.82. The predicted octanol–water partition coefficient (Wildman–Crippen LogP) is -0.863. The molecule has 0 radical (unpaired) electrons. The summed E-state index contributed by atoms with van der Waals surface area (Å²) in [5, 5.41) is 8.64. The third-order valence-corrected chi connectivity index (χ3v) is 2.04. The van der Waals surface area contributed by atoms with Gasteiger partial charge in [-0.05, 0) is 18.8 Å². The van der Waals surface area contributed by atoms with E-state index in [1.54, 1.807) is 0 Å². The second kappa shape index (κ2) is 2.21. The molecule has 4 nitrogen and oxygen atoms in total. The van der Waals surface area contributed by atoms with E-state index in [0.29, 0.717) is 0 Å². The highest BCUT2D eigenvalue weighted by molar-refractivity contribution is 5.79. The topological polar surface area (TPSA) is 89.3 Å². The van der Waals surface area contributed by atoms with E-state index >= 15 is 0 Å². The van der Waals surface area contributed by atoms with E-state index in [2.05, 4.69) is 0 Å².